The van der Waals surface area contributed by atoms with Crippen molar-refractivity contribution >= 4 is 21.6 Å². The van der Waals surface area contributed by atoms with Crippen molar-refractivity contribution in [3.8, 4) is 0 Å². The number of hydrogen-bond acceptors (Lipinski definition) is 3. The Morgan fingerprint density at radius 1 is 1.26 bits per heavy atom. The molecule has 0 aliphatic rings. The summed E-state index contributed by atoms with van der Waals surface area (Å²) in [7, 11) is 0. The summed E-state index contributed by atoms with van der Waals surface area (Å²) < 4.78 is 1.29. The Kier molecular flexibility index (Phi) is 4.58. The normalized spacial score (nSPS) is 12.5. The maximum absolute atomic E-state index is 4.73. The first-order chi connectivity index (χ1) is 8.96. The molecule has 0 aliphatic carbocycles. The minimum atomic E-state index is 0.253. The van der Waals surface area contributed by atoms with Crippen molar-refractivity contribution in [1.82, 2.24) is 10.3 Å². The van der Waals surface area contributed by atoms with Gasteiger partial charge in [0.2, 0.25) is 0 Å². The van der Waals surface area contributed by atoms with Crippen LogP contribution >= 0.6 is 11.3 Å². The highest BCUT2D eigenvalue weighted by Crippen LogP contribution is 2.27. The van der Waals surface area contributed by atoms with Crippen LogP contribution in [0.15, 0.2) is 24.3 Å². The first-order valence-corrected chi connectivity index (χ1v) is 7.83. The molecule has 0 saturated carbocycles. The van der Waals surface area contributed by atoms with Gasteiger partial charge in [-0.15, -0.1) is 11.3 Å². The second-order valence-electron chi connectivity index (χ2n) is 6.44. The molecule has 2 aromatic rings. The molecule has 1 heterocycles. The largest absolute Gasteiger partial charge is 0.316 e. The molecule has 0 fully saturated rings. The van der Waals surface area contributed by atoms with E-state index in [9.17, 15) is 0 Å². The van der Waals surface area contributed by atoms with E-state index < -0.39 is 0 Å². The molecule has 1 N–H and O–H groups in total. The van der Waals surface area contributed by atoms with Gasteiger partial charge in [0.25, 0.3) is 0 Å². The maximum Gasteiger partial charge on any atom is 0.0944 e. The van der Waals surface area contributed by atoms with Crippen LogP contribution in [0, 0.1) is 11.3 Å². The standard InChI is InChI=1S/C16H24N2S/c1-12(2)10-17-11-16(3,4)9-15-18-13-7-5-6-8-14(13)19-15/h5-8,12,17H,9-11H2,1-4H3. The number of fused-ring (bicyclic) bond motifs is 1. The molecule has 0 bridgehead atoms. The zero-order valence-corrected chi connectivity index (χ0v) is 13.2. The second-order valence-corrected chi connectivity index (χ2v) is 7.56. The molecule has 104 valence electrons. The van der Waals surface area contributed by atoms with Gasteiger partial charge in [0.05, 0.1) is 15.2 Å². The van der Waals surface area contributed by atoms with Crippen molar-refractivity contribution in [2.75, 3.05) is 13.1 Å². The van der Waals surface area contributed by atoms with Crippen molar-refractivity contribution < 1.29 is 0 Å². The van der Waals surface area contributed by atoms with E-state index in [1.54, 1.807) is 0 Å². The summed E-state index contributed by atoms with van der Waals surface area (Å²) in [5.74, 6) is 0.707. The average molecular weight is 276 g/mol. The van der Waals surface area contributed by atoms with Gasteiger partial charge in [-0.05, 0) is 30.0 Å². The zero-order valence-electron chi connectivity index (χ0n) is 12.4. The van der Waals surface area contributed by atoms with Gasteiger partial charge in [-0.3, -0.25) is 0 Å². The molecule has 19 heavy (non-hydrogen) atoms. The van der Waals surface area contributed by atoms with Crippen molar-refractivity contribution in [2.45, 2.75) is 34.1 Å². The van der Waals surface area contributed by atoms with E-state index >= 15 is 0 Å². The highest BCUT2D eigenvalue weighted by atomic mass is 32.1. The number of nitrogens with zero attached hydrogens (tertiary/aromatic N) is 1. The Balaban J connectivity index is 1.98. The lowest BCUT2D eigenvalue weighted by Crippen LogP contribution is -2.33. The summed E-state index contributed by atoms with van der Waals surface area (Å²) in [5.41, 5.74) is 1.39. The highest BCUT2D eigenvalue weighted by Gasteiger charge is 2.20. The fourth-order valence-electron chi connectivity index (χ4n) is 2.17. The lowest BCUT2D eigenvalue weighted by Gasteiger charge is -2.24. The summed E-state index contributed by atoms with van der Waals surface area (Å²) in [5, 5.41) is 4.80. The second kappa shape index (κ2) is 6.02. The van der Waals surface area contributed by atoms with Crippen molar-refractivity contribution in [3.05, 3.63) is 29.3 Å². The molecule has 0 aliphatic heterocycles. The number of benzene rings is 1. The topological polar surface area (TPSA) is 24.9 Å². The molecule has 2 nitrogen and oxygen atoms in total. The van der Waals surface area contributed by atoms with E-state index in [-0.39, 0.29) is 5.41 Å². The Morgan fingerprint density at radius 3 is 2.68 bits per heavy atom. The van der Waals surface area contributed by atoms with Crippen LogP contribution in [0.5, 0.6) is 0 Å². The Bertz CT molecular complexity index is 495. The molecule has 1 aromatic heterocycles. The molecule has 2 rings (SSSR count). The Labute approximate surface area is 120 Å². The van der Waals surface area contributed by atoms with Gasteiger partial charge in [0, 0.05) is 13.0 Å². The molecule has 0 spiro atoms. The minimum absolute atomic E-state index is 0.253. The van der Waals surface area contributed by atoms with Crippen LogP contribution in [0.1, 0.15) is 32.7 Å². The third-order valence-corrected chi connectivity index (χ3v) is 4.16. The predicted molar refractivity (Wildman–Crippen MR) is 84.8 cm³/mol. The summed E-state index contributed by atoms with van der Waals surface area (Å²) in [6.07, 6.45) is 1.04. The van der Waals surface area contributed by atoms with Crippen molar-refractivity contribution in [2.24, 2.45) is 11.3 Å². The number of rotatable bonds is 6. The molecule has 3 heteroatoms. The predicted octanol–water partition coefficient (Wildman–Crippen LogP) is 4.11. The van der Waals surface area contributed by atoms with E-state index in [1.807, 2.05) is 11.3 Å². The Morgan fingerprint density at radius 2 is 2.00 bits per heavy atom. The molecule has 0 saturated heterocycles. The monoisotopic (exact) mass is 276 g/mol. The van der Waals surface area contributed by atoms with E-state index in [0.717, 1.165) is 25.0 Å². The molecule has 0 amide bonds. The lowest BCUT2D eigenvalue weighted by molar-refractivity contribution is 0.330. The first kappa shape index (κ1) is 14.5. The van der Waals surface area contributed by atoms with Crippen LogP contribution in [0.3, 0.4) is 0 Å². The van der Waals surface area contributed by atoms with Crippen molar-refractivity contribution in [1.29, 1.82) is 0 Å². The first-order valence-electron chi connectivity index (χ1n) is 7.01. The number of thiazole rings is 1. The summed E-state index contributed by atoms with van der Waals surface area (Å²) in [6.45, 7) is 11.2. The Hall–Kier alpha value is -0.930. The zero-order chi connectivity index (χ0) is 13.9. The van der Waals surface area contributed by atoms with Crippen LogP contribution < -0.4 is 5.32 Å². The quantitative estimate of drug-likeness (QED) is 0.859. The van der Waals surface area contributed by atoms with E-state index in [1.165, 1.54) is 9.71 Å². The molecular weight excluding hydrogens is 252 g/mol. The molecular formula is C16H24N2S. The van der Waals surface area contributed by atoms with Crippen LogP contribution in [0.25, 0.3) is 10.2 Å². The molecule has 0 atom stereocenters. The highest BCUT2D eigenvalue weighted by molar-refractivity contribution is 7.18. The van der Waals surface area contributed by atoms with Crippen LogP contribution in [0.4, 0.5) is 0 Å². The van der Waals surface area contributed by atoms with Crippen LogP contribution in [-0.2, 0) is 6.42 Å². The fourth-order valence-corrected chi connectivity index (χ4v) is 3.39. The molecule has 0 radical (unpaired) electrons. The molecule has 0 unspecified atom stereocenters. The average Bonchev–Trinajstić information content (AvgIpc) is 2.68. The fraction of sp³-hybridized carbons (Fsp3) is 0.562. The molecule has 1 aromatic carbocycles. The number of para-hydroxylation sites is 1. The summed E-state index contributed by atoms with van der Waals surface area (Å²) in [4.78, 5) is 4.73. The third kappa shape index (κ3) is 4.29. The van der Waals surface area contributed by atoms with Gasteiger partial charge in [-0.2, -0.15) is 0 Å². The van der Waals surface area contributed by atoms with Crippen LogP contribution in [-0.4, -0.2) is 18.1 Å². The van der Waals surface area contributed by atoms with E-state index in [0.29, 0.717) is 5.92 Å². The van der Waals surface area contributed by atoms with Gasteiger partial charge in [-0.25, -0.2) is 4.98 Å². The number of aromatic nitrogens is 1. The summed E-state index contributed by atoms with van der Waals surface area (Å²) in [6, 6.07) is 8.39. The maximum atomic E-state index is 4.73. The summed E-state index contributed by atoms with van der Waals surface area (Å²) >= 11 is 1.83. The van der Waals surface area contributed by atoms with Gasteiger partial charge >= 0.3 is 0 Å². The van der Waals surface area contributed by atoms with Crippen LogP contribution in [0.2, 0.25) is 0 Å². The minimum Gasteiger partial charge on any atom is -0.316 e. The van der Waals surface area contributed by atoms with Gasteiger partial charge in [-0.1, -0.05) is 39.8 Å². The van der Waals surface area contributed by atoms with Gasteiger partial charge in [0.15, 0.2) is 0 Å². The number of nitrogens with one attached hydrogen (secondary N) is 1. The third-order valence-electron chi connectivity index (χ3n) is 3.12. The van der Waals surface area contributed by atoms with Crippen molar-refractivity contribution in [3.63, 3.8) is 0 Å². The van der Waals surface area contributed by atoms with E-state index in [2.05, 4.69) is 57.3 Å². The smallest absolute Gasteiger partial charge is 0.0944 e. The lowest BCUT2D eigenvalue weighted by atomic mass is 9.89. The number of hydrogen-bond donors (Lipinski definition) is 1. The SMILES string of the molecule is CC(C)CNCC(C)(C)Cc1nc2ccccc2s1. The van der Waals surface area contributed by atoms with Gasteiger partial charge < -0.3 is 5.32 Å². The van der Waals surface area contributed by atoms with E-state index in [4.69, 9.17) is 4.98 Å². The van der Waals surface area contributed by atoms with Gasteiger partial charge in [0.1, 0.15) is 0 Å².